The van der Waals surface area contributed by atoms with Crippen molar-refractivity contribution in [1.29, 1.82) is 0 Å². The van der Waals surface area contributed by atoms with Crippen LogP contribution in [0.15, 0.2) is 23.1 Å². The van der Waals surface area contributed by atoms with Gasteiger partial charge in [0.15, 0.2) is 0 Å². The smallest absolute Gasteiger partial charge is 0.247 e. The summed E-state index contributed by atoms with van der Waals surface area (Å²) in [6.45, 7) is 2.37. The molecule has 0 unspecified atom stereocenters. The molecule has 0 aromatic heterocycles. The van der Waals surface area contributed by atoms with Gasteiger partial charge in [-0.1, -0.05) is 0 Å². The molecule has 1 amide bonds. The SMILES string of the molecule is COc1ccc(OC)c(S(=O)(=O)N(C)CC(=O)N2CCNCC2)c1.Cl. The molecule has 2 rings (SSSR count). The van der Waals surface area contributed by atoms with Crippen LogP contribution in [0.2, 0.25) is 0 Å². The summed E-state index contributed by atoms with van der Waals surface area (Å²) < 4.78 is 36.9. The Labute approximate surface area is 154 Å². The van der Waals surface area contributed by atoms with E-state index >= 15 is 0 Å². The van der Waals surface area contributed by atoms with Crippen molar-refractivity contribution < 1.29 is 22.7 Å². The zero-order chi connectivity index (χ0) is 17.7. The third kappa shape index (κ3) is 4.97. The molecule has 1 aliphatic heterocycles. The first-order chi connectivity index (χ1) is 11.4. The average Bonchev–Trinajstić information content (AvgIpc) is 2.61. The molecule has 25 heavy (non-hydrogen) atoms. The number of nitrogens with zero attached hydrogens (tertiary/aromatic N) is 2. The number of ether oxygens (including phenoxy) is 2. The van der Waals surface area contributed by atoms with Gasteiger partial charge in [0.05, 0.1) is 20.8 Å². The van der Waals surface area contributed by atoms with Crippen molar-refractivity contribution in [3.05, 3.63) is 18.2 Å². The molecule has 1 aromatic rings. The lowest BCUT2D eigenvalue weighted by Crippen LogP contribution is -2.49. The number of halogens is 1. The first-order valence-corrected chi connectivity index (χ1v) is 9.01. The molecule has 1 aliphatic rings. The number of sulfonamides is 1. The summed E-state index contributed by atoms with van der Waals surface area (Å²) in [5.41, 5.74) is 0. The highest BCUT2D eigenvalue weighted by Gasteiger charge is 2.28. The molecular weight excluding hydrogens is 370 g/mol. The summed E-state index contributed by atoms with van der Waals surface area (Å²) in [5.74, 6) is 0.387. The Hall–Kier alpha value is -1.55. The van der Waals surface area contributed by atoms with Crippen LogP contribution >= 0.6 is 12.4 Å². The van der Waals surface area contributed by atoms with Crippen LogP contribution in [-0.4, -0.2) is 77.5 Å². The standard InChI is InChI=1S/C15H23N3O5S.ClH/c1-17(11-15(19)18-8-6-16-7-9-18)24(20,21)14-10-12(22-2)4-5-13(14)23-3;/h4-5,10,16H,6-9,11H2,1-3H3;1H. The lowest BCUT2D eigenvalue weighted by molar-refractivity contribution is -0.131. The minimum Gasteiger partial charge on any atom is -0.497 e. The molecule has 1 aromatic carbocycles. The highest BCUT2D eigenvalue weighted by molar-refractivity contribution is 7.89. The Balaban J connectivity index is 0.00000312. The van der Waals surface area contributed by atoms with Crippen LogP contribution in [0.4, 0.5) is 0 Å². The molecule has 142 valence electrons. The monoisotopic (exact) mass is 393 g/mol. The van der Waals surface area contributed by atoms with E-state index in [1.165, 1.54) is 33.4 Å². The molecule has 0 saturated carbocycles. The largest absolute Gasteiger partial charge is 0.497 e. The van der Waals surface area contributed by atoms with Gasteiger partial charge in [-0.15, -0.1) is 12.4 Å². The van der Waals surface area contributed by atoms with Crippen LogP contribution in [0.3, 0.4) is 0 Å². The molecule has 1 saturated heterocycles. The molecule has 10 heteroatoms. The maximum atomic E-state index is 12.8. The molecule has 1 fully saturated rings. The molecular formula is C15H24ClN3O5S. The van der Waals surface area contributed by atoms with Gasteiger partial charge in [0, 0.05) is 39.3 Å². The highest BCUT2D eigenvalue weighted by Crippen LogP contribution is 2.30. The normalized spacial score (nSPS) is 14.8. The van der Waals surface area contributed by atoms with E-state index < -0.39 is 10.0 Å². The van der Waals surface area contributed by atoms with Crippen molar-refractivity contribution in [2.45, 2.75) is 4.90 Å². The van der Waals surface area contributed by atoms with Crippen molar-refractivity contribution in [2.75, 3.05) is 54.0 Å². The number of carbonyl (C=O) groups is 1. The fraction of sp³-hybridized carbons (Fsp3) is 0.533. The Bertz CT molecular complexity index is 692. The quantitative estimate of drug-likeness (QED) is 0.741. The Morgan fingerprint density at radius 1 is 1.24 bits per heavy atom. The van der Waals surface area contributed by atoms with Gasteiger partial charge in [-0.25, -0.2) is 8.42 Å². The Morgan fingerprint density at radius 2 is 1.88 bits per heavy atom. The minimum atomic E-state index is -3.88. The van der Waals surface area contributed by atoms with Gasteiger partial charge in [-0.05, 0) is 12.1 Å². The van der Waals surface area contributed by atoms with Crippen molar-refractivity contribution in [3.63, 3.8) is 0 Å². The number of amides is 1. The summed E-state index contributed by atoms with van der Waals surface area (Å²) in [4.78, 5) is 13.9. The summed E-state index contributed by atoms with van der Waals surface area (Å²) in [6.07, 6.45) is 0. The predicted octanol–water partition coefficient (Wildman–Crippen LogP) is 0.178. The van der Waals surface area contributed by atoms with Crippen molar-refractivity contribution >= 4 is 28.3 Å². The molecule has 1 heterocycles. The third-order valence-corrected chi connectivity index (χ3v) is 5.71. The molecule has 0 aliphatic carbocycles. The van der Waals surface area contributed by atoms with E-state index in [4.69, 9.17) is 9.47 Å². The van der Waals surface area contributed by atoms with E-state index in [0.29, 0.717) is 31.9 Å². The predicted molar refractivity (Wildman–Crippen MR) is 96.1 cm³/mol. The number of hydrogen-bond donors (Lipinski definition) is 1. The summed E-state index contributed by atoms with van der Waals surface area (Å²) in [5, 5.41) is 3.15. The number of nitrogens with one attached hydrogen (secondary N) is 1. The average molecular weight is 394 g/mol. The summed E-state index contributed by atoms with van der Waals surface area (Å²) in [6, 6.07) is 4.53. The molecule has 1 N–H and O–H groups in total. The van der Waals surface area contributed by atoms with Crippen LogP contribution in [0.1, 0.15) is 0 Å². The maximum Gasteiger partial charge on any atom is 0.247 e. The molecule has 0 spiro atoms. The van der Waals surface area contributed by atoms with Gasteiger partial charge in [0.25, 0.3) is 0 Å². The molecule has 0 bridgehead atoms. The first-order valence-electron chi connectivity index (χ1n) is 7.57. The minimum absolute atomic E-state index is 0. The van der Waals surface area contributed by atoms with E-state index in [1.807, 2.05) is 0 Å². The van der Waals surface area contributed by atoms with E-state index in [1.54, 1.807) is 11.0 Å². The maximum absolute atomic E-state index is 12.8. The zero-order valence-electron chi connectivity index (χ0n) is 14.5. The van der Waals surface area contributed by atoms with E-state index in [9.17, 15) is 13.2 Å². The Kier molecular flexibility index (Phi) is 7.94. The number of hydrogen-bond acceptors (Lipinski definition) is 6. The number of carbonyl (C=O) groups excluding carboxylic acids is 1. The lowest BCUT2D eigenvalue weighted by Gasteiger charge is -2.29. The number of benzene rings is 1. The second-order valence-electron chi connectivity index (χ2n) is 5.41. The second kappa shape index (κ2) is 9.23. The second-order valence-corrected chi connectivity index (χ2v) is 7.42. The lowest BCUT2D eigenvalue weighted by atomic mass is 10.3. The fourth-order valence-electron chi connectivity index (χ4n) is 2.44. The number of likely N-dealkylation sites (N-methyl/N-ethyl adjacent to an activating group) is 1. The van der Waals surface area contributed by atoms with Gasteiger partial charge in [-0.2, -0.15) is 4.31 Å². The van der Waals surface area contributed by atoms with Gasteiger partial charge in [0.1, 0.15) is 16.4 Å². The topological polar surface area (TPSA) is 88.2 Å². The van der Waals surface area contributed by atoms with Crippen LogP contribution in [0, 0.1) is 0 Å². The summed E-state index contributed by atoms with van der Waals surface area (Å²) in [7, 11) is 0.350. The van der Waals surface area contributed by atoms with Crippen LogP contribution in [0.25, 0.3) is 0 Å². The number of piperazine rings is 1. The van der Waals surface area contributed by atoms with E-state index in [0.717, 1.165) is 4.31 Å². The van der Waals surface area contributed by atoms with Crippen molar-refractivity contribution in [3.8, 4) is 11.5 Å². The van der Waals surface area contributed by atoms with Gasteiger partial charge in [0.2, 0.25) is 15.9 Å². The van der Waals surface area contributed by atoms with Gasteiger partial charge >= 0.3 is 0 Å². The van der Waals surface area contributed by atoms with Crippen molar-refractivity contribution in [2.24, 2.45) is 0 Å². The molecule has 0 atom stereocenters. The van der Waals surface area contributed by atoms with E-state index in [2.05, 4.69) is 5.32 Å². The van der Waals surface area contributed by atoms with Crippen LogP contribution < -0.4 is 14.8 Å². The number of rotatable bonds is 6. The first kappa shape index (κ1) is 21.5. The van der Waals surface area contributed by atoms with Crippen molar-refractivity contribution in [1.82, 2.24) is 14.5 Å². The Morgan fingerprint density at radius 3 is 2.44 bits per heavy atom. The molecule has 0 radical (unpaired) electrons. The third-order valence-electron chi connectivity index (χ3n) is 3.89. The van der Waals surface area contributed by atoms with Gasteiger partial charge < -0.3 is 19.7 Å². The number of methoxy groups -OCH3 is 2. The van der Waals surface area contributed by atoms with E-state index in [-0.39, 0.29) is 35.5 Å². The van der Waals surface area contributed by atoms with Crippen LogP contribution in [0.5, 0.6) is 11.5 Å². The molecule has 8 nitrogen and oxygen atoms in total. The highest BCUT2D eigenvalue weighted by atomic mass is 35.5. The summed E-state index contributed by atoms with van der Waals surface area (Å²) >= 11 is 0. The fourth-order valence-corrected chi connectivity index (χ4v) is 3.73. The van der Waals surface area contributed by atoms with Gasteiger partial charge in [-0.3, -0.25) is 4.79 Å². The zero-order valence-corrected chi connectivity index (χ0v) is 16.2. The van der Waals surface area contributed by atoms with Crippen LogP contribution in [-0.2, 0) is 14.8 Å².